The summed E-state index contributed by atoms with van der Waals surface area (Å²) in [5.74, 6) is 1.19. The SMILES string of the molecule is O=C(CCc1ccc(OCCCCCNCC(O)c2ccc(O)c3[nH]c(=O)ccc23)c(-c2ccccc2)c1)N1CCC(C(=O)O[C@H]2CN3CCC2CC3)(c2ccccc2)CC1. The number of aromatic nitrogens is 1. The molecule has 1 unspecified atom stereocenters. The standard InChI is InChI=1S/C50H58N4O7/c55-42-18-16-39(40-17-20-46(57)52-48(40)42)43(56)33-51-26-8-3-9-31-60-44-19-14-35(32-41(44)36-10-4-1-5-11-36)15-21-47(58)54-29-24-50(25-30-54,38-12-6-2-7-13-38)49(59)61-45-34-53-27-22-37(45)23-28-53/h1-2,4-7,10-14,16-20,32,37,43,45,51,55-56H,3,8-9,15,21-31,33-34H2,(H,52,57)/t43?,45-/m0/s1. The van der Waals surface area contributed by atoms with Gasteiger partial charge in [-0.2, -0.15) is 0 Å². The fourth-order valence-corrected chi connectivity index (χ4v) is 9.52. The van der Waals surface area contributed by atoms with Gasteiger partial charge in [0.25, 0.3) is 0 Å². The van der Waals surface area contributed by atoms with Gasteiger partial charge in [-0.15, -0.1) is 0 Å². The summed E-state index contributed by atoms with van der Waals surface area (Å²) in [7, 11) is 0. The number of aliphatic hydroxyl groups excluding tert-OH is 1. The molecule has 0 radical (unpaired) electrons. The van der Waals surface area contributed by atoms with Gasteiger partial charge in [0.15, 0.2) is 0 Å². The van der Waals surface area contributed by atoms with Crippen molar-refractivity contribution in [3.05, 3.63) is 130 Å². The maximum absolute atomic E-state index is 14.1. The van der Waals surface area contributed by atoms with E-state index in [1.807, 2.05) is 59.5 Å². The highest BCUT2D eigenvalue weighted by molar-refractivity contribution is 5.87. The number of aromatic amines is 1. The lowest BCUT2D eigenvalue weighted by molar-refractivity contribution is -0.168. The molecule has 11 nitrogen and oxygen atoms in total. The predicted octanol–water partition coefficient (Wildman–Crippen LogP) is 6.90. The largest absolute Gasteiger partial charge is 0.506 e. The van der Waals surface area contributed by atoms with Crippen molar-refractivity contribution in [3.8, 4) is 22.6 Å². The number of hydrogen-bond donors (Lipinski definition) is 4. The molecule has 2 atom stereocenters. The van der Waals surface area contributed by atoms with Gasteiger partial charge in [-0.25, -0.2) is 0 Å². The number of H-pyrrole nitrogens is 1. The summed E-state index contributed by atoms with van der Waals surface area (Å²) >= 11 is 0. The van der Waals surface area contributed by atoms with Crippen LogP contribution in [0.1, 0.15) is 74.2 Å². The van der Waals surface area contributed by atoms with E-state index in [-0.39, 0.29) is 29.3 Å². The van der Waals surface area contributed by atoms with Crippen LogP contribution in [0.3, 0.4) is 0 Å². The molecule has 4 aromatic carbocycles. The first-order valence-electron chi connectivity index (χ1n) is 22.1. The van der Waals surface area contributed by atoms with Crippen molar-refractivity contribution in [3.63, 3.8) is 0 Å². The summed E-state index contributed by atoms with van der Waals surface area (Å²) in [6.07, 6.45) is 6.14. The Bertz CT molecular complexity index is 2320. The molecule has 1 amide bonds. The van der Waals surface area contributed by atoms with Gasteiger partial charge in [0.2, 0.25) is 11.5 Å². The second-order valence-corrected chi connectivity index (χ2v) is 17.0. The summed E-state index contributed by atoms with van der Waals surface area (Å²) in [6.45, 7) is 5.68. The van der Waals surface area contributed by atoms with E-state index in [0.717, 1.165) is 86.3 Å². The van der Waals surface area contributed by atoms with Crippen molar-refractivity contribution in [2.75, 3.05) is 52.4 Å². The number of phenols is 1. The number of benzene rings is 4. The third kappa shape index (κ3) is 9.85. The molecule has 4 aliphatic heterocycles. The molecule has 0 aliphatic carbocycles. The number of pyridine rings is 1. The number of aromatic hydroxyl groups is 1. The number of hydrogen-bond acceptors (Lipinski definition) is 9. The van der Waals surface area contributed by atoms with Crippen LogP contribution in [-0.2, 0) is 26.2 Å². The van der Waals surface area contributed by atoms with Gasteiger partial charge < -0.3 is 34.9 Å². The van der Waals surface area contributed by atoms with E-state index in [4.69, 9.17) is 9.47 Å². The molecule has 1 aromatic heterocycles. The van der Waals surface area contributed by atoms with Crippen molar-refractivity contribution in [2.24, 2.45) is 5.92 Å². The van der Waals surface area contributed by atoms with Crippen molar-refractivity contribution < 1.29 is 29.3 Å². The van der Waals surface area contributed by atoms with Gasteiger partial charge in [0.05, 0.1) is 23.6 Å². The van der Waals surface area contributed by atoms with E-state index in [2.05, 4.69) is 39.5 Å². The average molecular weight is 827 g/mol. The summed E-state index contributed by atoms with van der Waals surface area (Å²) in [5, 5.41) is 24.9. The Hall–Kier alpha value is -5.49. The number of aryl methyl sites for hydroxylation is 1. The maximum atomic E-state index is 14.1. The highest BCUT2D eigenvalue weighted by Crippen LogP contribution is 2.40. The van der Waals surface area contributed by atoms with Gasteiger partial charge in [-0.3, -0.25) is 19.3 Å². The number of unbranched alkanes of at least 4 members (excludes halogenated alkanes) is 2. The summed E-state index contributed by atoms with van der Waals surface area (Å²) in [6, 6.07) is 32.6. The third-order valence-electron chi connectivity index (χ3n) is 13.2. The molecule has 4 saturated heterocycles. The van der Waals surface area contributed by atoms with E-state index < -0.39 is 11.5 Å². The molecule has 4 fully saturated rings. The Morgan fingerprint density at radius 1 is 0.869 bits per heavy atom. The molecule has 0 saturated carbocycles. The number of phenolic OH excluding ortho intramolecular Hbond substituents is 1. The zero-order valence-corrected chi connectivity index (χ0v) is 34.9. The number of rotatable bonds is 17. The topological polar surface area (TPSA) is 144 Å². The highest BCUT2D eigenvalue weighted by Gasteiger charge is 2.47. The molecule has 9 rings (SSSR count). The van der Waals surface area contributed by atoms with Crippen LogP contribution in [0.2, 0.25) is 0 Å². The second-order valence-electron chi connectivity index (χ2n) is 17.0. The number of carbonyl (C=O) groups excluding carboxylic acids is 2. The Morgan fingerprint density at radius 3 is 2.36 bits per heavy atom. The summed E-state index contributed by atoms with van der Waals surface area (Å²) < 4.78 is 12.7. The molecule has 2 bridgehead atoms. The monoisotopic (exact) mass is 826 g/mol. The Labute approximate surface area is 357 Å². The summed E-state index contributed by atoms with van der Waals surface area (Å²) in [4.78, 5) is 46.5. The fourth-order valence-electron chi connectivity index (χ4n) is 9.52. The number of esters is 1. The number of nitrogens with zero attached hydrogens (tertiary/aromatic N) is 2. The first kappa shape index (κ1) is 42.2. The van der Waals surface area contributed by atoms with Crippen LogP contribution in [-0.4, -0.2) is 95.4 Å². The minimum Gasteiger partial charge on any atom is -0.506 e. The molecule has 0 spiro atoms. The molecule has 11 heteroatoms. The van der Waals surface area contributed by atoms with Gasteiger partial charge in [-0.1, -0.05) is 72.8 Å². The fraction of sp³-hybridized carbons (Fsp3) is 0.420. The second kappa shape index (κ2) is 19.5. The molecule has 61 heavy (non-hydrogen) atoms. The summed E-state index contributed by atoms with van der Waals surface area (Å²) in [5.41, 5.74) is 4.01. The van der Waals surface area contributed by atoms with Crippen LogP contribution in [0.25, 0.3) is 22.0 Å². The van der Waals surface area contributed by atoms with E-state index in [9.17, 15) is 24.6 Å². The van der Waals surface area contributed by atoms with Gasteiger partial charge in [-0.05, 0) is 123 Å². The van der Waals surface area contributed by atoms with E-state index in [1.54, 1.807) is 12.1 Å². The number of aliphatic hydroxyl groups is 1. The van der Waals surface area contributed by atoms with Crippen molar-refractivity contribution in [1.29, 1.82) is 0 Å². The Balaban J connectivity index is 0.811. The Morgan fingerprint density at radius 2 is 1.62 bits per heavy atom. The van der Waals surface area contributed by atoms with Crippen molar-refractivity contribution in [1.82, 2.24) is 20.1 Å². The van der Waals surface area contributed by atoms with Crippen LogP contribution in [0.15, 0.2) is 108 Å². The van der Waals surface area contributed by atoms with Gasteiger partial charge in [0, 0.05) is 49.6 Å². The lowest BCUT2D eigenvalue weighted by atomic mass is 9.72. The number of fused-ring (bicyclic) bond motifs is 4. The van der Waals surface area contributed by atoms with E-state index in [1.165, 1.54) is 12.1 Å². The van der Waals surface area contributed by atoms with Crippen LogP contribution < -0.4 is 15.6 Å². The molecular formula is C50H58N4O7. The predicted molar refractivity (Wildman–Crippen MR) is 237 cm³/mol. The molecule has 5 heterocycles. The molecule has 4 N–H and O–H groups in total. The zero-order chi connectivity index (χ0) is 42.2. The Kier molecular flexibility index (Phi) is 13.5. The smallest absolute Gasteiger partial charge is 0.317 e. The number of amides is 1. The van der Waals surface area contributed by atoms with Gasteiger partial charge >= 0.3 is 5.97 Å². The average Bonchev–Trinajstić information content (AvgIpc) is 3.30. The van der Waals surface area contributed by atoms with E-state index >= 15 is 0 Å². The first-order valence-corrected chi connectivity index (χ1v) is 22.1. The first-order chi connectivity index (χ1) is 29.8. The van der Waals surface area contributed by atoms with Crippen LogP contribution in [0.5, 0.6) is 11.5 Å². The number of nitrogens with one attached hydrogen (secondary N) is 2. The van der Waals surface area contributed by atoms with Gasteiger partial charge in [0.1, 0.15) is 17.6 Å². The lowest BCUT2D eigenvalue weighted by Gasteiger charge is -2.46. The third-order valence-corrected chi connectivity index (χ3v) is 13.2. The number of piperidine rings is 4. The van der Waals surface area contributed by atoms with Crippen LogP contribution >= 0.6 is 0 Å². The normalized spacial score (nSPS) is 20.0. The number of carbonyl (C=O) groups is 2. The number of likely N-dealkylation sites (tertiary alicyclic amines) is 1. The van der Waals surface area contributed by atoms with Crippen LogP contribution in [0.4, 0.5) is 0 Å². The molecule has 5 aromatic rings. The number of ether oxygens (including phenoxy) is 2. The lowest BCUT2D eigenvalue weighted by Crippen LogP contribution is -2.55. The quantitative estimate of drug-likeness (QED) is 0.0582. The van der Waals surface area contributed by atoms with E-state index in [0.29, 0.717) is 74.3 Å². The van der Waals surface area contributed by atoms with Crippen molar-refractivity contribution in [2.45, 2.75) is 75.4 Å². The van der Waals surface area contributed by atoms with Crippen LogP contribution in [0, 0.1) is 5.92 Å². The minimum atomic E-state index is -0.795. The molecule has 320 valence electrons. The minimum absolute atomic E-state index is 0.0292. The maximum Gasteiger partial charge on any atom is 0.317 e. The zero-order valence-electron chi connectivity index (χ0n) is 34.9. The highest BCUT2D eigenvalue weighted by atomic mass is 16.5. The molecular weight excluding hydrogens is 769 g/mol. The van der Waals surface area contributed by atoms with Crippen molar-refractivity contribution >= 4 is 22.8 Å². The molecule has 4 aliphatic rings.